The lowest BCUT2D eigenvalue weighted by Crippen LogP contribution is -2.40. The van der Waals surface area contributed by atoms with E-state index < -0.39 is 17.8 Å². The summed E-state index contributed by atoms with van der Waals surface area (Å²) in [6.45, 7) is 1.84. The fourth-order valence-electron chi connectivity index (χ4n) is 4.24. The van der Waals surface area contributed by atoms with E-state index in [2.05, 4.69) is 22.6 Å². The molecule has 0 fully saturated rings. The van der Waals surface area contributed by atoms with Crippen molar-refractivity contribution >= 4 is 74.3 Å². The fourth-order valence-corrected chi connectivity index (χ4v) is 7.12. The molecule has 0 saturated heterocycles. The molecule has 1 aromatic heterocycles. The Kier molecular flexibility index (Phi) is 7.82. The third-order valence-corrected chi connectivity index (χ3v) is 8.33. The van der Waals surface area contributed by atoms with Gasteiger partial charge in [-0.25, -0.2) is 14.2 Å². The summed E-state index contributed by atoms with van der Waals surface area (Å²) < 4.78 is 22.6. The highest BCUT2D eigenvalue weighted by atomic mass is 127. The zero-order chi connectivity index (χ0) is 27.0. The van der Waals surface area contributed by atoms with E-state index in [9.17, 15) is 19.1 Å². The van der Waals surface area contributed by atoms with E-state index in [0.717, 1.165) is 14.9 Å². The van der Waals surface area contributed by atoms with E-state index in [1.165, 1.54) is 16.7 Å². The molecule has 0 radical (unpaired) electrons. The number of halogens is 3. The lowest BCUT2D eigenvalue weighted by molar-refractivity contribution is -0.138. The van der Waals surface area contributed by atoms with Crippen LogP contribution in [0.4, 0.5) is 4.39 Å². The number of nitrogens with zero attached hydrogens (tertiary/aromatic N) is 2. The van der Waals surface area contributed by atoms with Gasteiger partial charge in [0.15, 0.2) is 4.80 Å². The summed E-state index contributed by atoms with van der Waals surface area (Å²) in [5.74, 6) is -0.970. The molecule has 3 aromatic carbocycles. The molecule has 0 spiro atoms. The Bertz CT molecular complexity index is 1760. The number of phenols is 1. The molecule has 0 bridgehead atoms. The third-order valence-electron chi connectivity index (χ3n) is 5.90. The highest BCUT2D eigenvalue weighted by molar-refractivity contribution is 14.1. The molecule has 5 rings (SSSR count). The van der Waals surface area contributed by atoms with Crippen LogP contribution in [-0.4, -0.2) is 22.2 Å². The Morgan fingerprint density at radius 3 is 2.55 bits per heavy atom. The first-order valence-corrected chi connectivity index (χ1v) is 14.5. The molecule has 0 amide bonds. The molecule has 1 atom stereocenters. The minimum Gasteiger partial charge on any atom is -0.506 e. The highest BCUT2D eigenvalue weighted by Gasteiger charge is 2.35. The van der Waals surface area contributed by atoms with Gasteiger partial charge in [0, 0.05) is 14.7 Å². The number of hydrogen-bond donors (Lipinski definition) is 1. The van der Waals surface area contributed by atoms with Gasteiger partial charge in [-0.05, 0) is 88.0 Å². The van der Waals surface area contributed by atoms with Crippen LogP contribution < -0.4 is 14.9 Å². The molecule has 4 aromatic rings. The van der Waals surface area contributed by atoms with Crippen molar-refractivity contribution in [3.05, 3.63) is 122 Å². The van der Waals surface area contributed by atoms with Gasteiger partial charge in [-0.15, -0.1) is 0 Å². The van der Waals surface area contributed by atoms with E-state index in [0.29, 0.717) is 35.3 Å². The van der Waals surface area contributed by atoms with Crippen LogP contribution in [0.5, 0.6) is 5.75 Å². The summed E-state index contributed by atoms with van der Waals surface area (Å²) in [4.78, 5) is 32.4. The first-order valence-electron chi connectivity index (χ1n) is 11.5. The SMILES string of the molecule is CCOC(=O)C1=C(c2ccccc2)N=c2s/c(=C\c3cc(I)cc(I)c3O)c(=O)n2[C@@H]1c1ccc(F)cc1. The predicted octanol–water partition coefficient (Wildman–Crippen LogP) is 4.99. The summed E-state index contributed by atoms with van der Waals surface area (Å²) in [5, 5.41) is 10.6. The van der Waals surface area contributed by atoms with E-state index in [-0.39, 0.29) is 23.5 Å². The fraction of sp³-hybridized carbons (Fsp3) is 0.107. The standard InChI is InChI=1S/C28H19FI2N2O4S/c1-2-37-27(36)22-23(15-6-4-3-5-7-15)32-28-33(24(22)16-8-10-18(29)11-9-16)26(35)21(38-28)13-17-12-19(30)14-20(31)25(17)34/h3-14,24,34H,2H2,1H3/b21-13-/t24-/m1/s1. The number of esters is 1. The number of thiazole rings is 1. The minimum atomic E-state index is -0.895. The second-order valence-electron chi connectivity index (χ2n) is 8.31. The Morgan fingerprint density at radius 2 is 1.87 bits per heavy atom. The zero-order valence-corrected chi connectivity index (χ0v) is 25.0. The molecular formula is C28H19FI2N2O4S. The summed E-state index contributed by atoms with van der Waals surface area (Å²) in [7, 11) is 0. The first-order chi connectivity index (χ1) is 18.3. The van der Waals surface area contributed by atoms with Crippen molar-refractivity contribution in [2.45, 2.75) is 13.0 Å². The number of carbonyl (C=O) groups is 1. The van der Waals surface area contributed by atoms with Crippen LogP contribution in [0, 0.1) is 13.0 Å². The number of aromatic hydroxyl groups is 1. The topological polar surface area (TPSA) is 80.9 Å². The summed E-state index contributed by atoms with van der Waals surface area (Å²) >= 11 is 5.35. The summed E-state index contributed by atoms with van der Waals surface area (Å²) in [6, 6.07) is 17.6. The maximum absolute atomic E-state index is 13.9. The minimum absolute atomic E-state index is 0.0733. The monoisotopic (exact) mass is 752 g/mol. The van der Waals surface area contributed by atoms with Gasteiger partial charge in [0.05, 0.1) is 32.0 Å². The second-order valence-corrected chi connectivity index (χ2v) is 11.7. The van der Waals surface area contributed by atoms with Crippen molar-refractivity contribution in [3.8, 4) is 5.75 Å². The summed E-state index contributed by atoms with van der Waals surface area (Å²) in [5.41, 5.74) is 1.92. The number of rotatable bonds is 5. The summed E-state index contributed by atoms with van der Waals surface area (Å²) in [6.07, 6.45) is 1.63. The van der Waals surface area contributed by atoms with E-state index in [1.54, 1.807) is 31.2 Å². The molecule has 38 heavy (non-hydrogen) atoms. The van der Waals surface area contributed by atoms with Gasteiger partial charge in [0.2, 0.25) is 0 Å². The van der Waals surface area contributed by atoms with Crippen molar-refractivity contribution in [3.63, 3.8) is 0 Å². The van der Waals surface area contributed by atoms with Gasteiger partial charge in [-0.3, -0.25) is 9.36 Å². The lowest BCUT2D eigenvalue weighted by atomic mass is 9.93. The average molecular weight is 752 g/mol. The molecular weight excluding hydrogens is 733 g/mol. The van der Waals surface area contributed by atoms with Gasteiger partial charge in [-0.1, -0.05) is 53.8 Å². The molecule has 0 aliphatic carbocycles. The molecule has 10 heteroatoms. The molecule has 0 saturated carbocycles. The van der Waals surface area contributed by atoms with Crippen LogP contribution in [0.15, 0.2) is 82.1 Å². The van der Waals surface area contributed by atoms with Crippen molar-refractivity contribution in [1.82, 2.24) is 4.57 Å². The van der Waals surface area contributed by atoms with Crippen LogP contribution in [0.25, 0.3) is 11.8 Å². The predicted molar refractivity (Wildman–Crippen MR) is 161 cm³/mol. The number of benzene rings is 3. The van der Waals surface area contributed by atoms with Gasteiger partial charge in [0.25, 0.3) is 5.56 Å². The van der Waals surface area contributed by atoms with Crippen LogP contribution in [0.1, 0.15) is 29.7 Å². The van der Waals surface area contributed by atoms with Crippen LogP contribution in [0.2, 0.25) is 0 Å². The van der Waals surface area contributed by atoms with E-state index in [4.69, 9.17) is 9.73 Å². The zero-order valence-electron chi connectivity index (χ0n) is 19.8. The molecule has 1 aliphatic rings. The Labute approximate surface area is 248 Å². The van der Waals surface area contributed by atoms with Gasteiger partial charge in [-0.2, -0.15) is 0 Å². The number of ether oxygens (including phenoxy) is 1. The van der Waals surface area contributed by atoms with Gasteiger partial charge in [0.1, 0.15) is 11.6 Å². The third kappa shape index (κ3) is 5.08. The Balaban J connectivity index is 1.84. The van der Waals surface area contributed by atoms with Crippen LogP contribution in [0.3, 0.4) is 0 Å². The Hall–Kier alpha value is -2.84. The number of phenolic OH excluding ortho intramolecular Hbond substituents is 1. The largest absolute Gasteiger partial charge is 0.506 e. The quantitative estimate of drug-likeness (QED) is 0.231. The second kappa shape index (κ2) is 11.1. The smallest absolute Gasteiger partial charge is 0.338 e. The molecule has 2 heterocycles. The van der Waals surface area contributed by atoms with Gasteiger partial charge < -0.3 is 9.84 Å². The normalized spacial score (nSPS) is 15.3. The maximum Gasteiger partial charge on any atom is 0.338 e. The highest BCUT2D eigenvalue weighted by Crippen LogP contribution is 2.35. The lowest BCUT2D eigenvalue weighted by Gasteiger charge is -2.25. The molecule has 1 aliphatic heterocycles. The van der Waals surface area contributed by atoms with Crippen LogP contribution in [-0.2, 0) is 9.53 Å². The van der Waals surface area contributed by atoms with E-state index in [1.807, 2.05) is 59.0 Å². The Morgan fingerprint density at radius 1 is 1.16 bits per heavy atom. The van der Waals surface area contributed by atoms with Crippen molar-refractivity contribution in [2.75, 3.05) is 6.61 Å². The van der Waals surface area contributed by atoms with E-state index >= 15 is 0 Å². The van der Waals surface area contributed by atoms with Crippen LogP contribution >= 0.6 is 56.5 Å². The molecule has 192 valence electrons. The van der Waals surface area contributed by atoms with Gasteiger partial charge >= 0.3 is 5.97 Å². The molecule has 1 N–H and O–H groups in total. The number of carbonyl (C=O) groups excluding carboxylic acids is 1. The molecule has 0 unspecified atom stereocenters. The number of hydrogen-bond acceptors (Lipinski definition) is 6. The first kappa shape index (κ1) is 26.8. The average Bonchev–Trinajstić information content (AvgIpc) is 3.21. The van der Waals surface area contributed by atoms with Crippen molar-refractivity contribution in [2.24, 2.45) is 4.99 Å². The van der Waals surface area contributed by atoms with Crippen molar-refractivity contribution in [1.29, 1.82) is 0 Å². The maximum atomic E-state index is 13.9. The number of aromatic nitrogens is 1. The number of fused-ring (bicyclic) bond motifs is 1. The van der Waals surface area contributed by atoms with Crippen molar-refractivity contribution < 1.29 is 19.0 Å². The molecule has 6 nitrogen and oxygen atoms in total.